The van der Waals surface area contributed by atoms with E-state index < -0.39 is 12.1 Å². The first kappa shape index (κ1) is 17.2. The van der Waals surface area contributed by atoms with Gasteiger partial charge < -0.3 is 16.2 Å². The van der Waals surface area contributed by atoms with Crippen LogP contribution in [-0.2, 0) is 4.79 Å². The molecule has 6 heteroatoms. The maximum Gasteiger partial charge on any atom is 0.237 e. The van der Waals surface area contributed by atoms with Gasteiger partial charge in [0.05, 0.1) is 12.1 Å². The fraction of sp³-hybridized carbons (Fsp3) is 0.500. The number of carbonyl (C=O) groups is 1. The first-order chi connectivity index (χ1) is 9.35. The number of benzene rings is 1. The molecule has 4 nitrogen and oxygen atoms in total. The van der Waals surface area contributed by atoms with E-state index in [0.717, 1.165) is 6.42 Å². The number of amides is 1. The van der Waals surface area contributed by atoms with Crippen molar-refractivity contribution in [1.82, 2.24) is 5.32 Å². The Morgan fingerprint density at radius 3 is 2.40 bits per heavy atom. The zero-order chi connectivity index (χ0) is 15.3. The topological polar surface area (TPSA) is 75.4 Å². The molecule has 0 aliphatic carbocycles. The lowest BCUT2D eigenvalue weighted by Gasteiger charge is -2.19. The van der Waals surface area contributed by atoms with E-state index in [4.69, 9.17) is 28.9 Å². The molecule has 112 valence electrons. The second kappa shape index (κ2) is 7.84. The number of aliphatic hydroxyl groups excluding tert-OH is 1. The van der Waals surface area contributed by atoms with E-state index in [9.17, 15) is 9.90 Å². The first-order valence-corrected chi connectivity index (χ1v) is 7.28. The lowest BCUT2D eigenvalue weighted by molar-refractivity contribution is -0.123. The molecule has 0 aromatic heterocycles. The van der Waals surface area contributed by atoms with E-state index in [1.165, 1.54) is 0 Å². The fourth-order valence-corrected chi connectivity index (χ4v) is 2.26. The van der Waals surface area contributed by atoms with E-state index >= 15 is 0 Å². The summed E-state index contributed by atoms with van der Waals surface area (Å²) in [6.07, 6.45) is -0.0552. The summed E-state index contributed by atoms with van der Waals surface area (Å²) in [5, 5.41) is 13.5. The molecule has 1 amide bonds. The second-order valence-electron chi connectivity index (χ2n) is 4.88. The van der Waals surface area contributed by atoms with Crippen molar-refractivity contribution in [3.05, 3.63) is 33.8 Å². The van der Waals surface area contributed by atoms with Gasteiger partial charge in [0.1, 0.15) is 0 Å². The molecule has 0 radical (unpaired) electrons. The summed E-state index contributed by atoms with van der Waals surface area (Å²) in [6, 6.07) is 4.23. The van der Waals surface area contributed by atoms with Gasteiger partial charge in [-0.15, -0.1) is 0 Å². The molecule has 0 spiro atoms. The van der Waals surface area contributed by atoms with E-state index in [1.54, 1.807) is 18.2 Å². The SMILES string of the molecule is CCC(C)C(N)C(=O)NCC(O)c1cc(Cl)cc(Cl)c1. The Morgan fingerprint density at radius 2 is 1.90 bits per heavy atom. The molecule has 0 bridgehead atoms. The van der Waals surface area contributed by atoms with Crippen LogP contribution in [0.3, 0.4) is 0 Å². The van der Waals surface area contributed by atoms with Gasteiger partial charge in [0.15, 0.2) is 0 Å². The average Bonchev–Trinajstić information content (AvgIpc) is 2.41. The van der Waals surface area contributed by atoms with Crippen LogP contribution in [0.1, 0.15) is 31.9 Å². The van der Waals surface area contributed by atoms with Gasteiger partial charge in [-0.25, -0.2) is 0 Å². The zero-order valence-electron chi connectivity index (χ0n) is 11.6. The highest BCUT2D eigenvalue weighted by Crippen LogP contribution is 2.23. The molecule has 3 atom stereocenters. The van der Waals surface area contributed by atoms with Crippen LogP contribution in [-0.4, -0.2) is 23.6 Å². The van der Waals surface area contributed by atoms with E-state index in [2.05, 4.69) is 5.32 Å². The molecule has 0 aliphatic heterocycles. The molecule has 0 aliphatic rings. The molecule has 1 rings (SSSR count). The molecular formula is C14H20Cl2N2O2. The van der Waals surface area contributed by atoms with Gasteiger partial charge >= 0.3 is 0 Å². The molecular weight excluding hydrogens is 299 g/mol. The summed E-state index contributed by atoms with van der Waals surface area (Å²) in [6.45, 7) is 3.96. The number of hydrogen-bond acceptors (Lipinski definition) is 3. The monoisotopic (exact) mass is 318 g/mol. The Balaban J connectivity index is 2.58. The van der Waals surface area contributed by atoms with Crippen LogP contribution in [0.2, 0.25) is 10.0 Å². The predicted molar refractivity (Wildman–Crippen MR) is 81.9 cm³/mol. The van der Waals surface area contributed by atoms with Gasteiger partial charge in [-0.2, -0.15) is 0 Å². The van der Waals surface area contributed by atoms with Crippen LogP contribution < -0.4 is 11.1 Å². The maximum absolute atomic E-state index is 11.8. The van der Waals surface area contributed by atoms with Crippen LogP contribution in [0, 0.1) is 5.92 Å². The number of aliphatic hydroxyl groups is 1. The van der Waals surface area contributed by atoms with Gasteiger partial charge in [0.25, 0.3) is 0 Å². The summed E-state index contributed by atoms with van der Waals surface area (Å²) in [4.78, 5) is 11.8. The van der Waals surface area contributed by atoms with Crippen molar-refractivity contribution in [1.29, 1.82) is 0 Å². The fourth-order valence-electron chi connectivity index (χ4n) is 1.71. The zero-order valence-corrected chi connectivity index (χ0v) is 13.1. The number of rotatable bonds is 6. The highest BCUT2D eigenvalue weighted by molar-refractivity contribution is 6.34. The lowest BCUT2D eigenvalue weighted by Crippen LogP contribution is -2.45. The molecule has 20 heavy (non-hydrogen) atoms. The molecule has 0 fully saturated rings. The van der Waals surface area contributed by atoms with Gasteiger partial charge in [-0.3, -0.25) is 4.79 Å². The normalized spacial score (nSPS) is 15.5. The molecule has 3 unspecified atom stereocenters. The minimum absolute atomic E-state index is 0.0691. The predicted octanol–water partition coefficient (Wildman–Crippen LogP) is 2.52. The van der Waals surface area contributed by atoms with Crippen molar-refractivity contribution >= 4 is 29.1 Å². The Kier molecular flexibility index (Phi) is 6.76. The van der Waals surface area contributed by atoms with Crippen molar-refractivity contribution < 1.29 is 9.90 Å². The highest BCUT2D eigenvalue weighted by Gasteiger charge is 2.20. The van der Waals surface area contributed by atoms with E-state index in [-0.39, 0.29) is 18.4 Å². The summed E-state index contributed by atoms with van der Waals surface area (Å²) < 4.78 is 0. The smallest absolute Gasteiger partial charge is 0.237 e. The molecule has 0 heterocycles. The first-order valence-electron chi connectivity index (χ1n) is 6.52. The van der Waals surface area contributed by atoms with Crippen LogP contribution >= 0.6 is 23.2 Å². The Morgan fingerprint density at radius 1 is 1.35 bits per heavy atom. The summed E-state index contributed by atoms with van der Waals surface area (Å²) in [7, 11) is 0. The van der Waals surface area contributed by atoms with Gasteiger partial charge in [-0.05, 0) is 29.7 Å². The number of hydrogen-bond donors (Lipinski definition) is 3. The van der Waals surface area contributed by atoms with Gasteiger partial charge in [0, 0.05) is 16.6 Å². The van der Waals surface area contributed by atoms with Gasteiger partial charge in [-0.1, -0.05) is 43.5 Å². The Bertz CT molecular complexity index is 448. The van der Waals surface area contributed by atoms with Crippen LogP contribution in [0.5, 0.6) is 0 Å². The van der Waals surface area contributed by atoms with E-state index in [0.29, 0.717) is 15.6 Å². The van der Waals surface area contributed by atoms with Crippen LogP contribution in [0.4, 0.5) is 0 Å². The van der Waals surface area contributed by atoms with Crippen molar-refractivity contribution in [2.45, 2.75) is 32.4 Å². The van der Waals surface area contributed by atoms with Gasteiger partial charge in [0.2, 0.25) is 5.91 Å². The van der Waals surface area contributed by atoms with Crippen LogP contribution in [0.25, 0.3) is 0 Å². The second-order valence-corrected chi connectivity index (χ2v) is 5.75. The minimum atomic E-state index is -0.876. The van der Waals surface area contributed by atoms with Crippen LogP contribution in [0.15, 0.2) is 18.2 Å². The quantitative estimate of drug-likeness (QED) is 0.754. The average molecular weight is 319 g/mol. The third-order valence-corrected chi connectivity index (χ3v) is 3.74. The number of carbonyl (C=O) groups excluding carboxylic acids is 1. The Hall–Kier alpha value is -0.810. The molecule has 1 aromatic carbocycles. The largest absolute Gasteiger partial charge is 0.387 e. The minimum Gasteiger partial charge on any atom is -0.387 e. The Labute approximate surface area is 129 Å². The van der Waals surface area contributed by atoms with E-state index in [1.807, 2.05) is 13.8 Å². The highest BCUT2D eigenvalue weighted by atomic mass is 35.5. The number of halogens is 2. The van der Waals surface area contributed by atoms with Crippen molar-refractivity contribution in [2.24, 2.45) is 11.7 Å². The standard InChI is InChI=1S/C14H20Cl2N2O2/c1-3-8(2)13(17)14(20)18-7-12(19)9-4-10(15)6-11(16)5-9/h4-6,8,12-13,19H,3,7,17H2,1-2H3,(H,18,20). The van der Waals surface area contributed by atoms with Crippen molar-refractivity contribution in [3.8, 4) is 0 Å². The summed E-state index contributed by atoms with van der Waals surface area (Å²) in [5.74, 6) is -0.181. The van der Waals surface area contributed by atoms with Crippen molar-refractivity contribution in [2.75, 3.05) is 6.54 Å². The number of nitrogens with two attached hydrogens (primary N) is 1. The summed E-state index contributed by atoms with van der Waals surface area (Å²) >= 11 is 11.7. The third-order valence-electron chi connectivity index (χ3n) is 3.30. The maximum atomic E-state index is 11.8. The lowest BCUT2D eigenvalue weighted by atomic mass is 9.99. The van der Waals surface area contributed by atoms with Crippen molar-refractivity contribution in [3.63, 3.8) is 0 Å². The molecule has 1 aromatic rings. The molecule has 0 saturated heterocycles. The third kappa shape index (κ3) is 4.94. The molecule has 0 saturated carbocycles. The number of nitrogens with one attached hydrogen (secondary N) is 1. The molecule has 4 N–H and O–H groups in total. The summed E-state index contributed by atoms with van der Waals surface area (Å²) in [5.41, 5.74) is 6.36.